The molecule has 0 atom stereocenters. The summed E-state index contributed by atoms with van der Waals surface area (Å²) in [5.41, 5.74) is 6.29. The van der Waals surface area contributed by atoms with Crippen molar-refractivity contribution in [2.24, 2.45) is 0 Å². The maximum atomic E-state index is 4.54. The van der Waals surface area contributed by atoms with Crippen LogP contribution in [-0.4, -0.2) is 19.9 Å². The van der Waals surface area contributed by atoms with Crippen molar-refractivity contribution >= 4 is 22.1 Å². The van der Waals surface area contributed by atoms with Crippen LogP contribution in [-0.2, 0) is 0 Å². The van der Waals surface area contributed by atoms with Gasteiger partial charge in [-0.1, -0.05) is 11.6 Å². The van der Waals surface area contributed by atoms with E-state index in [9.17, 15) is 0 Å². The maximum Gasteiger partial charge on any atom is 0.158 e. The molecule has 4 aromatic rings. The third-order valence-electron chi connectivity index (χ3n) is 3.57. The highest BCUT2D eigenvalue weighted by Gasteiger charge is 2.10. The first kappa shape index (κ1) is 11.2. The molecule has 1 aromatic carbocycles. The molecule has 0 unspecified atom stereocenters. The highest BCUT2D eigenvalue weighted by molar-refractivity contribution is 5.93. The number of nitrogens with zero attached hydrogens (tertiary/aromatic N) is 2. The first-order valence-electron chi connectivity index (χ1n) is 6.62. The molecule has 0 aliphatic carbocycles. The van der Waals surface area contributed by atoms with Crippen LogP contribution in [0.2, 0.25) is 0 Å². The van der Waals surface area contributed by atoms with Crippen LogP contribution in [0.1, 0.15) is 11.4 Å². The van der Waals surface area contributed by atoms with Gasteiger partial charge < -0.3 is 9.97 Å². The third-order valence-corrected chi connectivity index (χ3v) is 3.57. The first-order chi connectivity index (χ1) is 9.70. The number of nitrogens with one attached hydrogen (secondary N) is 2. The van der Waals surface area contributed by atoms with Gasteiger partial charge in [-0.2, -0.15) is 0 Å². The molecule has 0 aliphatic heterocycles. The molecule has 0 aliphatic rings. The van der Waals surface area contributed by atoms with Crippen LogP contribution >= 0.6 is 0 Å². The van der Waals surface area contributed by atoms with Crippen LogP contribution < -0.4 is 0 Å². The van der Waals surface area contributed by atoms with Gasteiger partial charge in [0.25, 0.3) is 0 Å². The number of fused-ring (bicyclic) bond motifs is 2. The summed E-state index contributed by atoms with van der Waals surface area (Å²) >= 11 is 0. The van der Waals surface area contributed by atoms with Crippen LogP contribution in [0.3, 0.4) is 0 Å². The molecule has 0 spiro atoms. The summed E-state index contributed by atoms with van der Waals surface area (Å²) in [5, 5.41) is 1.22. The second-order valence-electron chi connectivity index (χ2n) is 5.15. The van der Waals surface area contributed by atoms with E-state index in [-0.39, 0.29) is 0 Å². The van der Waals surface area contributed by atoms with Crippen molar-refractivity contribution < 1.29 is 0 Å². The SMILES string of the molecule is Cc1ccc2[nH]c(-c3ccnc4[nH]c(C)nc34)cc2c1. The van der Waals surface area contributed by atoms with Gasteiger partial charge in [0.2, 0.25) is 0 Å². The Morgan fingerprint density at radius 1 is 1.00 bits per heavy atom. The number of hydrogen-bond acceptors (Lipinski definition) is 2. The monoisotopic (exact) mass is 262 g/mol. The average Bonchev–Trinajstić information content (AvgIpc) is 2.99. The molecule has 4 nitrogen and oxygen atoms in total. The molecule has 20 heavy (non-hydrogen) atoms. The maximum absolute atomic E-state index is 4.54. The van der Waals surface area contributed by atoms with Gasteiger partial charge in [-0.3, -0.25) is 0 Å². The van der Waals surface area contributed by atoms with Crippen LogP contribution in [0.25, 0.3) is 33.3 Å². The number of rotatable bonds is 1. The van der Waals surface area contributed by atoms with Crippen LogP contribution in [0.5, 0.6) is 0 Å². The second kappa shape index (κ2) is 3.93. The molecule has 0 bridgehead atoms. The van der Waals surface area contributed by atoms with E-state index >= 15 is 0 Å². The van der Waals surface area contributed by atoms with E-state index in [0.717, 1.165) is 33.8 Å². The molecule has 4 heteroatoms. The zero-order valence-corrected chi connectivity index (χ0v) is 11.4. The van der Waals surface area contributed by atoms with Crippen molar-refractivity contribution in [1.82, 2.24) is 19.9 Å². The fraction of sp³-hybridized carbons (Fsp3) is 0.125. The van der Waals surface area contributed by atoms with Crippen molar-refractivity contribution in [2.75, 3.05) is 0 Å². The zero-order valence-electron chi connectivity index (χ0n) is 11.4. The van der Waals surface area contributed by atoms with E-state index in [1.54, 1.807) is 0 Å². The van der Waals surface area contributed by atoms with Crippen molar-refractivity contribution in [3.8, 4) is 11.3 Å². The van der Waals surface area contributed by atoms with Crippen molar-refractivity contribution in [2.45, 2.75) is 13.8 Å². The minimum absolute atomic E-state index is 0.829. The molecule has 0 saturated heterocycles. The summed E-state index contributed by atoms with van der Waals surface area (Å²) in [6, 6.07) is 10.6. The molecule has 2 N–H and O–H groups in total. The number of H-pyrrole nitrogens is 2. The molecule has 3 aromatic heterocycles. The summed E-state index contributed by atoms with van der Waals surface area (Å²) < 4.78 is 0. The summed E-state index contributed by atoms with van der Waals surface area (Å²) in [6.45, 7) is 4.05. The fourth-order valence-corrected chi connectivity index (χ4v) is 2.64. The minimum Gasteiger partial charge on any atom is -0.354 e. The van der Waals surface area contributed by atoms with Gasteiger partial charge in [0.1, 0.15) is 11.3 Å². The number of benzene rings is 1. The molecule has 4 rings (SSSR count). The molecule has 0 fully saturated rings. The molecular weight excluding hydrogens is 248 g/mol. The largest absolute Gasteiger partial charge is 0.354 e. The molecule has 3 heterocycles. The quantitative estimate of drug-likeness (QED) is 0.549. The lowest BCUT2D eigenvalue weighted by Crippen LogP contribution is -1.83. The predicted molar refractivity (Wildman–Crippen MR) is 80.7 cm³/mol. The summed E-state index contributed by atoms with van der Waals surface area (Å²) in [7, 11) is 0. The van der Waals surface area contributed by atoms with Crippen molar-refractivity contribution in [3.05, 3.63) is 47.9 Å². The van der Waals surface area contributed by atoms with E-state index in [2.05, 4.69) is 51.1 Å². The Labute approximate surface area is 115 Å². The number of aromatic nitrogens is 4. The number of aromatic amines is 2. The first-order valence-corrected chi connectivity index (χ1v) is 6.62. The Bertz CT molecular complexity index is 930. The lowest BCUT2D eigenvalue weighted by atomic mass is 10.1. The average molecular weight is 262 g/mol. The molecule has 0 radical (unpaired) electrons. The van der Waals surface area contributed by atoms with Crippen molar-refractivity contribution in [1.29, 1.82) is 0 Å². The molecule has 0 amide bonds. The Morgan fingerprint density at radius 3 is 2.80 bits per heavy atom. The van der Waals surface area contributed by atoms with Gasteiger partial charge in [-0.25, -0.2) is 9.97 Å². The highest BCUT2D eigenvalue weighted by Crippen LogP contribution is 2.28. The molecule has 0 saturated carbocycles. The third kappa shape index (κ3) is 1.61. The number of hydrogen-bond donors (Lipinski definition) is 2. The van der Waals surface area contributed by atoms with Crippen molar-refractivity contribution in [3.63, 3.8) is 0 Å². The summed E-state index contributed by atoms with van der Waals surface area (Å²) in [6.07, 6.45) is 1.81. The summed E-state index contributed by atoms with van der Waals surface area (Å²) in [5.74, 6) is 0.881. The Balaban J connectivity index is 2.00. The lowest BCUT2D eigenvalue weighted by molar-refractivity contribution is 1.16. The second-order valence-corrected chi connectivity index (χ2v) is 5.15. The van der Waals surface area contributed by atoms with Crippen LogP contribution in [0, 0.1) is 13.8 Å². The van der Waals surface area contributed by atoms with Gasteiger partial charge in [-0.15, -0.1) is 0 Å². The van der Waals surface area contributed by atoms with Gasteiger partial charge in [-0.05, 0) is 38.1 Å². The van der Waals surface area contributed by atoms with Crippen LogP contribution in [0.15, 0.2) is 36.5 Å². The zero-order chi connectivity index (χ0) is 13.7. The number of pyridine rings is 1. The van der Waals surface area contributed by atoms with Gasteiger partial charge in [0, 0.05) is 28.4 Å². The normalized spacial score (nSPS) is 11.5. The van der Waals surface area contributed by atoms with Gasteiger partial charge in [0.05, 0.1) is 0 Å². The van der Waals surface area contributed by atoms with E-state index < -0.39 is 0 Å². The standard InChI is InChI=1S/C16H14N4/c1-9-3-4-13-11(7-9)8-14(20-13)12-5-6-17-16-15(12)18-10(2)19-16/h3-8,20H,1-2H3,(H,17,18,19). The predicted octanol–water partition coefficient (Wildman–Crippen LogP) is 3.72. The van der Waals surface area contributed by atoms with Gasteiger partial charge in [0.15, 0.2) is 5.65 Å². The number of aryl methyl sites for hydroxylation is 2. The summed E-state index contributed by atoms with van der Waals surface area (Å²) in [4.78, 5) is 15.5. The van der Waals surface area contributed by atoms with E-state index in [0.29, 0.717) is 0 Å². The lowest BCUT2D eigenvalue weighted by Gasteiger charge is -1.98. The minimum atomic E-state index is 0.829. The Hall–Kier alpha value is -2.62. The highest BCUT2D eigenvalue weighted by atomic mass is 15.0. The number of imidazole rings is 1. The fourth-order valence-electron chi connectivity index (χ4n) is 2.64. The van der Waals surface area contributed by atoms with Crippen LogP contribution in [0.4, 0.5) is 0 Å². The Kier molecular flexibility index (Phi) is 2.21. The van der Waals surface area contributed by atoms with E-state index in [1.807, 2.05) is 19.2 Å². The molecule has 98 valence electrons. The van der Waals surface area contributed by atoms with E-state index in [4.69, 9.17) is 0 Å². The van der Waals surface area contributed by atoms with Gasteiger partial charge >= 0.3 is 0 Å². The Morgan fingerprint density at radius 2 is 1.90 bits per heavy atom. The smallest absolute Gasteiger partial charge is 0.158 e. The molecular formula is C16H14N4. The topological polar surface area (TPSA) is 57.4 Å². The van der Waals surface area contributed by atoms with E-state index in [1.165, 1.54) is 10.9 Å².